The molecule has 8 heteroatoms. The highest BCUT2D eigenvalue weighted by atomic mass is 16.5. The maximum absolute atomic E-state index is 12.8. The van der Waals surface area contributed by atoms with Crippen molar-refractivity contribution in [3.05, 3.63) is 48.4 Å². The van der Waals surface area contributed by atoms with Crippen molar-refractivity contribution in [3.8, 4) is 0 Å². The number of ether oxygens (including phenoxy) is 1. The van der Waals surface area contributed by atoms with Crippen molar-refractivity contribution in [2.45, 2.75) is 52.6 Å². The lowest BCUT2D eigenvalue weighted by molar-refractivity contribution is 0.0935. The van der Waals surface area contributed by atoms with E-state index in [4.69, 9.17) is 4.74 Å². The van der Waals surface area contributed by atoms with Gasteiger partial charge in [0.15, 0.2) is 0 Å². The summed E-state index contributed by atoms with van der Waals surface area (Å²) in [7, 11) is 0. The number of benzene rings is 1. The lowest BCUT2D eigenvalue weighted by Crippen LogP contribution is -2.43. The summed E-state index contributed by atoms with van der Waals surface area (Å²) in [5, 5.41) is 7.48. The molecule has 33 heavy (non-hydrogen) atoms. The number of aromatic nitrogens is 3. The number of rotatable bonds is 8. The molecular formula is C25H36N6O2. The molecule has 3 N–H and O–H groups in total. The van der Waals surface area contributed by atoms with Crippen LogP contribution in [-0.4, -0.2) is 59.2 Å². The zero-order valence-electron chi connectivity index (χ0n) is 20.1. The molecule has 0 radical (unpaired) electrons. The number of carbonyl (C=O) groups excluding carboxylic acids is 1. The third-order valence-corrected chi connectivity index (χ3v) is 5.60. The molecule has 1 aliphatic rings. The number of H-pyrrole nitrogens is 1. The first-order valence-corrected chi connectivity index (χ1v) is 11.9. The summed E-state index contributed by atoms with van der Waals surface area (Å²) in [5.41, 5.74) is 2.46. The normalized spacial score (nSPS) is 17.5. The molecule has 1 fully saturated rings. The number of anilines is 2. The summed E-state index contributed by atoms with van der Waals surface area (Å²) in [4.78, 5) is 26.9. The number of aromatic amines is 1. The molecule has 4 rings (SSSR count). The average molecular weight is 453 g/mol. The van der Waals surface area contributed by atoms with Gasteiger partial charge in [0, 0.05) is 43.2 Å². The molecule has 0 saturated carbocycles. The standard InChI is InChI=1S/C22H28N6O2.C3H8/c1-3-30-13-11-23-17-6-4-16(5-7-17)22(29)27-19-9-12-28(15(19)2)21-18-8-10-24-20(18)25-14-26-21;1-3-2/h4-8,10,14-15,19,23H,3,9,11-13H2,1-2H3,(H,27,29)(H,24,25,26);3H2,1-2H3. The Hall–Kier alpha value is -3.13. The number of fused-ring (bicyclic) bond motifs is 1. The fourth-order valence-corrected chi connectivity index (χ4v) is 3.92. The number of hydrogen-bond donors (Lipinski definition) is 3. The monoisotopic (exact) mass is 452 g/mol. The number of hydrogen-bond acceptors (Lipinski definition) is 6. The van der Waals surface area contributed by atoms with E-state index in [9.17, 15) is 4.79 Å². The molecule has 2 unspecified atom stereocenters. The highest BCUT2D eigenvalue weighted by molar-refractivity contribution is 5.95. The lowest BCUT2D eigenvalue weighted by Gasteiger charge is -2.26. The number of amides is 1. The first kappa shape index (κ1) is 24.5. The predicted molar refractivity (Wildman–Crippen MR) is 134 cm³/mol. The molecule has 1 amide bonds. The molecular weight excluding hydrogens is 416 g/mol. The molecule has 1 saturated heterocycles. The minimum Gasteiger partial charge on any atom is -0.383 e. The van der Waals surface area contributed by atoms with Crippen LogP contribution in [0.25, 0.3) is 11.0 Å². The predicted octanol–water partition coefficient (Wildman–Crippen LogP) is 4.22. The van der Waals surface area contributed by atoms with Gasteiger partial charge in [-0.3, -0.25) is 4.79 Å². The van der Waals surface area contributed by atoms with Crippen LogP contribution in [0, 0.1) is 0 Å². The molecule has 0 bridgehead atoms. The summed E-state index contributed by atoms with van der Waals surface area (Å²) in [6, 6.07) is 9.75. The van der Waals surface area contributed by atoms with Crippen LogP contribution in [0.5, 0.6) is 0 Å². The van der Waals surface area contributed by atoms with E-state index in [0.29, 0.717) is 18.8 Å². The summed E-state index contributed by atoms with van der Waals surface area (Å²) in [6.07, 6.45) is 5.58. The third kappa shape index (κ3) is 6.22. The Morgan fingerprint density at radius 2 is 1.94 bits per heavy atom. The molecule has 1 aromatic carbocycles. The van der Waals surface area contributed by atoms with E-state index < -0.39 is 0 Å². The average Bonchev–Trinajstić information content (AvgIpc) is 3.45. The molecule has 3 aromatic rings. The SMILES string of the molecule is CCC.CCOCCNc1ccc(C(=O)NC2CCN(c3ncnc4[nH]ccc34)C2C)cc1. The van der Waals surface area contributed by atoms with Crippen molar-refractivity contribution in [3.63, 3.8) is 0 Å². The fraction of sp³-hybridized carbons (Fsp3) is 0.480. The molecule has 8 nitrogen and oxygen atoms in total. The second kappa shape index (κ2) is 12.2. The Labute approximate surface area is 196 Å². The van der Waals surface area contributed by atoms with Gasteiger partial charge in [-0.2, -0.15) is 0 Å². The summed E-state index contributed by atoms with van der Waals surface area (Å²) in [5.74, 6) is 0.858. The van der Waals surface area contributed by atoms with Crippen LogP contribution in [-0.2, 0) is 4.74 Å². The topological polar surface area (TPSA) is 95.2 Å². The molecule has 3 heterocycles. The minimum atomic E-state index is -0.0518. The van der Waals surface area contributed by atoms with Crippen molar-refractivity contribution < 1.29 is 9.53 Å². The van der Waals surface area contributed by atoms with Gasteiger partial charge < -0.3 is 25.3 Å². The maximum atomic E-state index is 12.8. The summed E-state index contributed by atoms with van der Waals surface area (Å²) in [6.45, 7) is 11.3. The largest absolute Gasteiger partial charge is 0.383 e. The Morgan fingerprint density at radius 1 is 1.18 bits per heavy atom. The van der Waals surface area contributed by atoms with Gasteiger partial charge in [-0.25, -0.2) is 9.97 Å². The second-order valence-electron chi connectivity index (χ2n) is 8.15. The molecule has 1 aliphatic heterocycles. The molecule has 0 aliphatic carbocycles. The Balaban J connectivity index is 0.000000968. The first-order valence-electron chi connectivity index (χ1n) is 11.9. The van der Waals surface area contributed by atoms with E-state index in [2.05, 4.69) is 51.3 Å². The van der Waals surface area contributed by atoms with Gasteiger partial charge in [-0.05, 0) is 50.6 Å². The van der Waals surface area contributed by atoms with Crippen LogP contribution in [0.3, 0.4) is 0 Å². The van der Waals surface area contributed by atoms with E-state index in [1.807, 2.05) is 43.5 Å². The zero-order valence-corrected chi connectivity index (χ0v) is 20.1. The zero-order chi connectivity index (χ0) is 23.6. The second-order valence-corrected chi connectivity index (χ2v) is 8.15. The van der Waals surface area contributed by atoms with Gasteiger partial charge in [-0.15, -0.1) is 0 Å². The Bertz CT molecular complexity index is 1000. The third-order valence-electron chi connectivity index (χ3n) is 5.60. The van der Waals surface area contributed by atoms with Gasteiger partial charge in [0.05, 0.1) is 18.0 Å². The van der Waals surface area contributed by atoms with E-state index in [-0.39, 0.29) is 18.0 Å². The van der Waals surface area contributed by atoms with Crippen LogP contribution < -0.4 is 15.5 Å². The van der Waals surface area contributed by atoms with Crippen molar-refractivity contribution in [1.82, 2.24) is 20.3 Å². The van der Waals surface area contributed by atoms with Gasteiger partial charge in [0.25, 0.3) is 5.91 Å². The van der Waals surface area contributed by atoms with Gasteiger partial charge in [0.1, 0.15) is 17.8 Å². The van der Waals surface area contributed by atoms with Crippen molar-refractivity contribution in [1.29, 1.82) is 0 Å². The van der Waals surface area contributed by atoms with E-state index in [1.54, 1.807) is 6.33 Å². The summed E-state index contributed by atoms with van der Waals surface area (Å²) >= 11 is 0. The van der Waals surface area contributed by atoms with Crippen molar-refractivity contribution >= 4 is 28.4 Å². The van der Waals surface area contributed by atoms with Gasteiger partial charge >= 0.3 is 0 Å². The maximum Gasteiger partial charge on any atom is 0.251 e. The van der Waals surface area contributed by atoms with Crippen molar-refractivity contribution in [2.24, 2.45) is 0 Å². The highest BCUT2D eigenvalue weighted by Crippen LogP contribution is 2.29. The number of carbonyl (C=O) groups is 1. The fourth-order valence-electron chi connectivity index (χ4n) is 3.92. The van der Waals surface area contributed by atoms with Crippen LogP contribution >= 0.6 is 0 Å². The van der Waals surface area contributed by atoms with E-state index in [1.165, 1.54) is 6.42 Å². The molecule has 2 atom stereocenters. The van der Waals surface area contributed by atoms with Crippen LogP contribution in [0.15, 0.2) is 42.9 Å². The quantitative estimate of drug-likeness (QED) is 0.443. The van der Waals surface area contributed by atoms with Crippen LogP contribution in [0.4, 0.5) is 11.5 Å². The number of nitrogens with one attached hydrogen (secondary N) is 3. The summed E-state index contributed by atoms with van der Waals surface area (Å²) < 4.78 is 5.32. The Kier molecular flexibility index (Phi) is 9.06. The number of nitrogens with zero attached hydrogens (tertiary/aromatic N) is 3. The van der Waals surface area contributed by atoms with Gasteiger partial charge in [-0.1, -0.05) is 20.3 Å². The molecule has 178 valence electrons. The van der Waals surface area contributed by atoms with E-state index in [0.717, 1.165) is 42.0 Å². The lowest BCUT2D eigenvalue weighted by atomic mass is 10.1. The van der Waals surface area contributed by atoms with Crippen LogP contribution in [0.1, 0.15) is 50.9 Å². The Morgan fingerprint density at radius 3 is 2.67 bits per heavy atom. The smallest absolute Gasteiger partial charge is 0.251 e. The first-order chi connectivity index (χ1) is 16.1. The molecule has 2 aromatic heterocycles. The van der Waals surface area contributed by atoms with Gasteiger partial charge in [0.2, 0.25) is 0 Å². The van der Waals surface area contributed by atoms with Crippen molar-refractivity contribution in [2.75, 3.05) is 36.5 Å². The highest BCUT2D eigenvalue weighted by Gasteiger charge is 2.33. The molecule has 0 spiro atoms. The van der Waals surface area contributed by atoms with E-state index >= 15 is 0 Å². The minimum absolute atomic E-state index is 0.0518. The van der Waals surface area contributed by atoms with Crippen LogP contribution in [0.2, 0.25) is 0 Å².